The molecule has 1 amide bonds. The smallest absolute Gasteiger partial charge is 0.250 e. The monoisotopic (exact) mass is 344 g/mol. The third kappa shape index (κ3) is 2.88. The number of hydrogen-bond acceptors (Lipinski definition) is 3. The molecule has 1 aromatic carbocycles. The Bertz CT molecular complexity index is 840. The molecule has 0 spiro atoms. The van der Waals surface area contributed by atoms with Crippen molar-refractivity contribution >= 4 is 22.5 Å². The van der Waals surface area contributed by atoms with E-state index in [-0.39, 0.29) is 11.4 Å². The lowest BCUT2D eigenvalue weighted by atomic mass is 10.0. The van der Waals surface area contributed by atoms with Crippen LogP contribution in [0, 0.1) is 19.7 Å². The topological polar surface area (TPSA) is 74.2 Å². The van der Waals surface area contributed by atoms with Crippen LogP contribution in [-0.2, 0) is 0 Å². The van der Waals surface area contributed by atoms with Gasteiger partial charge in [-0.3, -0.25) is 4.79 Å². The Labute approximate surface area is 146 Å². The summed E-state index contributed by atoms with van der Waals surface area (Å²) in [5, 5.41) is 4.45. The molecule has 1 aromatic heterocycles. The zero-order valence-electron chi connectivity index (χ0n) is 14.8. The molecule has 4 N–H and O–H groups in total. The summed E-state index contributed by atoms with van der Waals surface area (Å²) >= 11 is 0. The van der Waals surface area contributed by atoms with Crippen molar-refractivity contribution < 1.29 is 9.18 Å². The first kappa shape index (κ1) is 16.4. The average Bonchev–Trinajstić information content (AvgIpc) is 3.33. The second kappa shape index (κ2) is 6.02. The number of primary amides is 1. The van der Waals surface area contributed by atoms with E-state index in [0.29, 0.717) is 23.3 Å². The van der Waals surface area contributed by atoms with Gasteiger partial charge in [-0.15, -0.1) is 0 Å². The van der Waals surface area contributed by atoms with Gasteiger partial charge >= 0.3 is 0 Å². The normalized spacial score (nSPS) is 21.1. The second-order valence-corrected chi connectivity index (χ2v) is 7.47. The summed E-state index contributed by atoms with van der Waals surface area (Å²) in [5.41, 5.74) is 8.86. The lowest BCUT2D eigenvalue weighted by molar-refractivity contribution is 0.100. The Balaban J connectivity index is 1.79. The van der Waals surface area contributed by atoms with Crippen molar-refractivity contribution in [3.63, 3.8) is 0 Å². The minimum Gasteiger partial charge on any atom is -0.367 e. The number of amides is 1. The average molecular weight is 344 g/mol. The fourth-order valence-corrected chi connectivity index (χ4v) is 4.01. The number of anilines is 1. The van der Waals surface area contributed by atoms with Gasteiger partial charge < -0.3 is 20.9 Å². The van der Waals surface area contributed by atoms with E-state index in [4.69, 9.17) is 5.73 Å². The third-order valence-corrected chi connectivity index (χ3v) is 5.56. The fourth-order valence-electron chi connectivity index (χ4n) is 4.01. The van der Waals surface area contributed by atoms with Crippen LogP contribution >= 0.6 is 0 Å². The summed E-state index contributed by atoms with van der Waals surface area (Å²) in [5.74, 6) is -0.973. The maximum atomic E-state index is 15.0. The lowest BCUT2D eigenvalue weighted by Crippen LogP contribution is -2.46. The first-order valence-corrected chi connectivity index (χ1v) is 9.08. The molecule has 6 heteroatoms. The van der Waals surface area contributed by atoms with Gasteiger partial charge in [0, 0.05) is 36.3 Å². The Hall–Kier alpha value is -2.08. The Morgan fingerprint density at radius 3 is 2.76 bits per heavy atom. The summed E-state index contributed by atoms with van der Waals surface area (Å²) in [6, 6.07) is 2.32. The van der Waals surface area contributed by atoms with Gasteiger partial charge in [-0.05, 0) is 51.2 Å². The number of benzene rings is 1. The molecule has 5 nitrogen and oxygen atoms in total. The van der Waals surface area contributed by atoms with Crippen LogP contribution in [0.2, 0.25) is 0 Å². The number of carbonyl (C=O) groups is 1. The van der Waals surface area contributed by atoms with Crippen molar-refractivity contribution in [2.24, 2.45) is 5.73 Å². The summed E-state index contributed by atoms with van der Waals surface area (Å²) in [4.78, 5) is 17.1. The van der Waals surface area contributed by atoms with Crippen LogP contribution in [0.1, 0.15) is 47.3 Å². The molecule has 2 aliphatic rings. The van der Waals surface area contributed by atoms with Gasteiger partial charge in [0.05, 0.1) is 16.8 Å². The number of hydrogen-bond donors (Lipinski definition) is 3. The van der Waals surface area contributed by atoms with Crippen LogP contribution in [0.3, 0.4) is 0 Å². The van der Waals surface area contributed by atoms with E-state index >= 15 is 4.39 Å². The zero-order valence-corrected chi connectivity index (χ0v) is 14.8. The lowest BCUT2D eigenvalue weighted by Gasteiger charge is -2.35. The number of rotatable bonds is 4. The molecular formula is C19H25FN4O. The van der Waals surface area contributed by atoms with Gasteiger partial charge in [0.15, 0.2) is 0 Å². The van der Waals surface area contributed by atoms with E-state index in [0.717, 1.165) is 42.6 Å². The highest BCUT2D eigenvalue weighted by Gasteiger charge is 2.30. The van der Waals surface area contributed by atoms with Gasteiger partial charge in [-0.1, -0.05) is 0 Å². The molecule has 25 heavy (non-hydrogen) atoms. The predicted octanol–water partition coefficient (Wildman–Crippen LogP) is 2.74. The first-order valence-electron chi connectivity index (χ1n) is 9.08. The SMILES string of the molecule is Cc1[nH]c2c(C(N)=O)cc(F)c(N3CCC[C@H](NC4CC4)C3)c2c1C. The zero-order chi connectivity index (χ0) is 17.7. The largest absolute Gasteiger partial charge is 0.367 e. The third-order valence-electron chi connectivity index (χ3n) is 5.56. The number of nitrogens with zero attached hydrogens (tertiary/aromatic N) is 1. The number of piperidine rings is 1. The molecule has 1 saturated heterocycles. The number of aromatic amines is 1. The summed E-state index contributed by atoms with van der Waals surface area (Å²) < 4.78 is 15.0. The van der Waals surface area contributed by atoms with Crippen molar-refractivity contribution in [2.45, 2.75) is 51.6 Å². The van der Waals surface area contributed by atoms with Crippen molar-refractivity contribution in [3.05, 3.63) is 28.7 Å². The van der Waals surface area contributed by atoms with Crippen molar-refractivity contribution in [3.8, 4) is 0 Å². The molecule has 1 atom stereocenters. The molecule has 0 unspecified atom stereocenters. The van der Waals surface area contributed by atoms with Crippen LogP contribution < -0.4 is 16.0 Å². The minimum absolute atomic E-state index is 0.220. The van der Waals surface area contributed by atoms with Crippen LogP contribution in [-0.4, -0.2) is 36.1 Å². The molecule has 2 fully saturated rings. The van der Waals surface area contributed by atoms with Gasteiger partial charge in [0.2, 0.25) is 0 Å². The molecule has 4 rings (SSSR count). The number of nitrogens with two attached hydrogens (primary N) is 1. The predicted molar refractivity (Wildman–Crippen MR) is 97.6 cm³/mol. The van der Waals surface area contributed by atoms with E-state index in [9.17, 15) is 4.79 Å². The number of fused-ring (bicyclic) bond motifs is 1. The number of carbonyl (C=O) groups excluding carboxylic acids is 1. The van der Waals surface area contributed by atoms with Crippen LogP contribution in [0.4, 0.5) is 10.1 Å². The molecule has 2 heterocycles. The van der Waals surface area contributed by atoms with Crippen LogP contribution in [0.25, 0.3) is 10.9 Å². The molecule has 134 valence electrons. The van der Waals surface area contributed by atoms with Crippen LogP contribution in [0.5, 0.6) is 0 Å². The fraction of sp³-hybridized carbons (Fsp3) is 0.526. The van der Waals surface area contributed by atoms with Gasteiger partial charge in [-0.25, -0.2) is 4.39 Å². The number of halogens is 1. The maximum absolute atomic E-state index is 15.0. The number of nitrogens with one attached hydrogen (secondary N) is 2. The Kier molecular flexibility index (Phi) is 3.95. The molecular weight excluding hydrogens is 319 g/mol. The van der Waals surface area contributed by atoms with E-state index < -0.39 is 5.91 Å². The highest BCUT2D eigenvalue weighted by atomic mass is 19.1. The summed E-state index contributed by atoms with van der Waals surface area (Å²) in [7, 11) is 0. The molecule has 1 aliphatic carbocycles. The molecule has 1 saturated carbocycles. The summed E-state index contributed by atoms with van der Waals surface area (Å²) in [6.45, 7) is 5.53. The number of aromatic nitrogens is 1. The standard InChI is InChI=1S/C19H25FN4O/c1-10-11(2)22-17-14(19(21)25)8-15(20)18(16(10)17)24-7-3-4-13(9-24)23-12-5-6-12/h8,12-13,22-23H,3-7,9H2,1-2H3,(H2,21,25)/t13-/m0/s1. The van der Waals surface area contributed by atoms with E-state index in [1.807, 2.05) is 13.8 Å². The first-order chi connectivity index (χ1) is 12.0. The van der Waals surface area contributed by atoms with Gasteiger partial charge in [-0.2, -0.15) is 0 Å². The molecule has 1 aliphatic heterocycles. The Morgan fingerprint density at radius 1 is 1.32 bits per heavy atom. The van der Waals surface area contributed by atoms with Crippen molar-refractivity contribution in [2.75, 3.05) is 18.0 Å². The second-order valence-electron chi connectivity index (χ2n) is 7.47. The number of aryl methyl sites for hydroxylation is 2. The highest BCUT2D eigenvalue weighted by molar-refractivity contribution is 6.10. The van der Waals surface area contributed by atoms with E-state index in [1.54, 1.807) is 0 Å². The van der Waals surface area contributed by atoms with Gasteiger partial charge in [0.25, 0.3) is 5.91 Å². The van der Waals surface area contributed by atoms with E-state index in [2.05, 4.69) is 15.2 Å². The maximum Gasteiger partial charge on any atom is 0.250 e. The van der Waals surface area contributed by atoms with Gasteiger partial charge in [0.1, 0.15) is 5.82 Å². The number of H-pyrrole nitrogens is 1. The minimum atomic E-state index is -0.608. The highest BCUT2D eigenvalue weighted by Crippen LogP contribution is 2.37. The quantitative estimate of drug-likeness (QED) is 0.798. The van der Waals surface area contributed by atoms with E-state index in [1.165, 1.54) is 18.9 Å². The molecule has 0 bridgehead atoms. The van der Waals surface area contributed by atoms with Crippen LogP contribution in [0.15, 0.2) is 6.07 Å². The summed E-state index contributed by atoms with van der Waals surface area (Å²) in [6.07, 6.45) is 4.66. The van der Waals surface area contributed by atoms with Crippen molar-refractivity contribution in [1.29, 1.82) is 0 Å². The molecule has 2 aromatic rings. The molecule has 0 radical (unpaired) electrons. The van der Waals surface area contributed by atoms with Crippen molar-refractivity contribution in [1.82, 2.24) is 10.3 Å². The Morgan fingerprint density at radius 2 is 2.08 bits per heavy atom.